The maximum Gasteiger partial charge on any atom is 0.0934 e. The highest BCUT2D eigenvalue weighted by molar-refractivity contribution is 7.16. The van der Waals surface area contributed by atoms with Crippen molar-refractivity contribution in [2.45, 2.75) is 50.6 Å². The molecular weight excluding hydrogens is 302 g/mol. The molecule has 2 atom stereocenters. The normalized spacial score (nSPS) is 24.7. The van der Waals surface area contributed by atoms with Crippen LogP contribution in [0.25, 0.3) is 0 Å². The fraction of sp³-hybridized carbons (Fsp3) is 0.562. The summed E-state index contributed by atoms with van der Waals surface area (Å²) < 4.78 is 2.97. The summed E-state index contributed by atoms with van der Waals surface area (Å²) in [6.45, 7) is 0. The van der Waals surface area contributed by atoms with Crippen LogP contribution in [0.1, 0.15) is 59.5 Å². The molecule has 112 valence electrons. The maximum atomic E-state index is 6.22. The number of nitrogens with one attached hydrogen (secondary N) is 1. The molecule has 21 heavy (non-hydrogen) atoms. The summed E-state index contributed by atoms with van der Waals surface area (Å²) in [6, 6.07) is 3.07. The summed E-state index contributed by atoms with van der Waals surface area (Å²) in [5, 5.41) is 8.34. The SMILES string of the molecule is Cn1ncc2c1CCCC2NC1CCCc2sc(Cl)cc21. The Morgan fingerprint density at radius 1 is 1.24 bits per heavy atom. The molecule has 2 aliphatic rings. The Hall–Kier alpha value is -0.840. The molecule has 0 aliphatic heterocycles. The van der Waals surface area contributed by atoms with Crippen LogP contribution >= 0.6 is 22.9 Å². The average molecular weight is 322 g/mol. The number of hydrogen-bond donors (Lipinski definition) is 1. The van der Waals surface area contributed by atoms with Crippen molar-refractivity contribution in [2.24, 2.45) is 7.05 Å². The lowest BCUT2D eigenvalue weighted by molar-refractivity contribution is 0.368. The summed E-state index contributed by atoms with van der Waals surface area (Å²) in [4.78, 5) is 1.48. The molecule has 0 fully saturated rings. The van der Waals surface area contributed by atoms with Gasteiger partial charge in [0, 0.05) is 35.3 Å². The zero-order valence-corrected chi connectivity index (χ0v) is 13.8. The van der Waals surface area contributed by atoms with Gasteiger partial charge in [0.2, 0.25) is 0 Å². The van der Waals surface area contributed by atoms with Crippen LogP contribution in [0.3, 0.4) is 0 Å². The van der Waals surface area contributed by atoms with Gasteiger partial charge in [0.1, 0.15) is 0 Å². The molecule has 0 aromatic carbocycles. The van der Waals surface area contributed by atoms with Crippen LogP contribution in [0, 0.1) is 0 Å². The van der Waals surface area contributed by atoms with Crippen molar-refractivity contribution in [3.8, 4) is 0 Å². The first kappa shape index (κ1) is 13.8. The molecule has 0 amide bonds. The first-order valence-electron chi connectivity index (χ1n) is 7.77. The summed E-state index contributed by atoms with van der Waals surface area (Å²) in [5.74, 6) is 0. The van der Waals surface area contributed by atoms with E-state index >= 15 is 0 Å². The van der Waals surface area contributed by atoms with E-state index in [0.717, 1.165) is 10.8 Å². The molecule has 2 heterocycles. The Bertz CT molecular complexity index is 655. The Labute approximate surface area is 134 Å². The van der Waals surface area contributed by atoms with Crippen LogP contribution in [0.15, 0.2) is 12.3 Å². The standard InChI is InChI=1S/C16H20ClN3S/c1-20-14-6-2-4-13(11(14)9-18-20)19-12-5-3-7-15-10(12)8-16(17)21-15/h8-9,12-13,19H,2-7H2,1H3. The van der Waals surface area contributed by atoms with E-state index in [-0.39, 0.29) is 0 Å². The van der Waals surface area contributed by atoms with Crippen LogP contribution in [0.4, 0.5) is 0 Å². The molecule has 4 rings (SSSR count). The summed E-state index contributed by atoms with van der Waals surface area (Å²) >= 11 is 7.98. The van der Waals surface area contributed by atoms with Crippen molar-refractivity contribution in [1.29, 1.82) is 0 Å². The number of aromatic nitrogens is 2. The predicted octanol–water partition coefficient (Wildman–Crippen LogP) is 4.18. The van der Waals surface area contributed by atoms with Gasteiger partial charge in [-0.05, 0) is 50.2 Å². The summed E-state index contributed by atoms with van der Waals surface area (Å²) in [5.41, 5.74) is 4.24. The Kier molecular flexibility index (Phi) is 3.56. The maximum absolute atomic E-state index is 6.22. The topological polar surface area (TPSA) is 29.9 Å². The number of nitrogens with zero attached hydrogens (tertiary/aromatic N) is 2. The molecule has 0 saturated heterocycles. The molecular formula is C16H20ClN3S. The van der Waals surface area contributed by atoms with Gasteiger partial charge in [0.25, 0.3) is 0 Å². The van der Waals surface area contributed by atoms with Crippen LogP contribution in [0.5, 0.6) is 0 Å². The molecule has 0 radical (unpaired) electrons. The van der Waals surface area contributed by atoms with Crippen LogP contribution in [-0.4, -0.2) is 9.78 Å². The zero-order chi connectivity index (χ0) is 14.4. The minimum Gasteiger partial charge on any atom is -0.303 e. The third-order valence-electron chi connectivity index (χ3n) is 4.86. The number of hydrogen-bond acceptors (Lipinski definition) is 3. The van der Waals surface area contributed by atoms with Gasteiger partial charge in [-0.25, -0.2) is 0 Å². The fourth-order valence-electron chi connectivity index (χ4n) is 3.82. The zero-order valence-electron chi connectivity index (χ0n) is 12.2. The minimum atomic E-state index is 0.442. The van der Waals surface area contributed by atoms with Crippen molar-refractivity contribution in [2.75, 3.05) is 0 Å². The van der Waals surface area contributed by atoms with Crippen LogP contribution in [0.2, 0.25) is 4.34 Å². The second-order valence-electron chi connectivity index (χ2n) is 6.16. The lowest BCUT2D eigenvalue weighted by atomic mass is 9.89. The molecule has 0 bridgehead atoms. The Morgan fingerprint density at radius 2 is 2.00 bits per heavy atom. The molecule has 0 spiro atoms. The highest BCUT2D eigenvalue weighted by Gasteiger charge is 2.29. The van der Waals surface area contributed by atoms with E-state index in [1.807, 2.05) is 4.68 Å². The third kappa shape index (κ3) is 2.43. The van der Waals surface area contributed by atoms with E-state index in [4.69, 9.17) is 11.6 Å². The average Bonchev–Trinajstić information content (AvgIpc) is 3.03. The van der Waals surface area contributed by atoms with E-state index in [1.165, 1.54) is 53.8 Å². The fourth-order valence-corrected chi connectivity index (χ4v) is 5.20. The van der Waals surface area contributed by atoms with Gasteiger partial charge in [0.15, 0.2) is 0 Å². The van der Waals surface area contributed by atoms with Crippen LogP contribution < -0.4 is 5.32 Å². The smallest absolute Gasteiger partial charge is 0.0934 e. The lowest BCUT2D eigenvalue weighted by Gasteiger charge is -2.31. The Morgan fingerprint density at radius 3 is 2.86 bits per heavy atom. The van der Waals surface area contributed by atoms with Crippen LogP contribution in [-0.2, 0) is 19.9 Å². The van der Waals surface area contributed by atoms with Gasteiger partial charge in [-0.1, -0.05) is 11.6 Å². The van der Waals surface area contributed by atoms with Gasteiger partial charge in [-0.2, -0.15) is 5.10 Å². The summed E-state index contributed by atoms with van der Waals surface area (Å²) in [6.07, 6.45) is 9.32. The quantitative estimate of drug-likeness (QED) is 0.899. The molecule has 0 saturated carbocycles. The number of fused-ring (bicyclic) bond motifs is 2. The Balaban J connectivity index is 1.60. The lowest BCUT2D eigenvalue weighted by Crippen LogP contribution is -2.30. The number of rotatable bonds is 2. The van der Waals surface area contributed by atoms with Gasteiger partial charge in [0.05, 0.1) is 10.5 Å². The van der Waals surface area contributed by atoms with E-state index < -0.39 is 0 Å². The first-order chi connectivity index (χ1) is 10.2. The number of thiophene rings is 1. The van der Waals surface area contributed by atoms with E-state index in [0.29, 0.717) is 12.1 Å². The van der Waals surface area contributed by atoms with Crippen molar-refractivity contribution in [1.82, 2.24) is 15.1 Å². The highest BCUT2D eigenvalue weighted by Crippen LogP contribution is 2.40. The minimum absolute atomic E-state index is 0.442. The van der Waals surface area contributed by atoms with Crippen molar-refractivity contribution >= 4 is 22.9 Å². The molecule has 5 heteroatoms. The first-order valence-corrected chi connectivity index (χ1v) is 8.97. The monoisotopic (exact) mass is 321 g/mol. The molecule has 2 aromatic heterocycles. The molecule has 1 N–H and O–H groups in total. The van der Waals surface area contributed by atoms with Gasteiger partial charge >= 0.3 is 0 Å². The molecule has 2 unspecified atom stereocenters. The number of aryl methyl sites for hydroxylation is 2. The van der Waals surface area contributed by atoms with Gasteiger partial charge < -0.3 is 5.32 Å². The molecule has 2 aromatic rings. The van der Waals surface area contributed by atoms with Crippen molar-refractivity contribution < 1.29 is 0 Å². The van der Waals surface area contributed by atoms with E-state index in [1.54, 1.807) is 11.3 Å². The molecule has 2 aliphatic carbocycles. The van der Waals surface area contributed by atoms with Gasteiger partial charge in [-0.15, -0.1) is 11.3 Å². The van der Waals surface area contributed by atoms with Gasteiger partial charge in [-0.3, -0.25) is 4.68 Å². The second-order valence-corrected chi connectivity index (χ2v) is 7.92. The van der Waals surface area contributed by atoms with E-state index in [9.17, 15) is 0 Å². The van der Waals surface area contributed by atoms with E-state index in [2.05, 4.69) is 29.7 Å². The second kappa shape index (κ2) is 5.41. The van der Waals surface area contributed by atoms with Crippen molar-refractivity contribution in [3.05, 3.63) is 38.3 Å². The predicted molar refractivity (Wildman–Crippen MR) is 87.0 cm³/mol. The summed E-state index contributed by atoms with van der Waals surface area (Å²) in [7, 11) is 2.05. The largest absolute Gasteiger partial charge is 0.303 e. The highest BCUT2D eigenvalue weighted by atomic mass is 35.5. The number of halogens is 1. The van der Waals surface area contributed by atoms with Crippen molar-refractivity contribution in [3.63, 3.8) is 0 Å². The molecule has 3 nitrogen and oxygen atoms in total. The third-order valence-corrected chi connectivity index (χ3v) is 6.20.